The zero-order valence-electron chi connectivity index (χ0n) is 17.9. The Labute approximate surface area is 188 Å². The first-order valence-electron chi connectivity index (χ1n) is 10.7. The number of hydrogen-bond acceptors (Lipinski definition) is 4. The molecule has 1 amide bonds. The SMILES string of the molecule is CCC(CNC(=O)c1nnn(-c2ccc(F)cc2)c1C(F)(F)F)N1CCc2ccccc2C1. The fourth-order valence-corrected chi connectivity index (χ4v) is 4.11. The standard InChI is InChI=1S/C23H23F4N5O/c1-2-18(31-12-11-15-5-3-4-6-16(15)14-31)13-28-22(33)20-21(23(25,26)27)32(30-29-20)19-9-7-17(24)8-10-19/h3-10,18H,2,11-14H2,1H3,(H,28,33). The van der Waals surface area contributed by atoms with Crippen molar-refractivity contribution in [3.8, 4) is 5.69 Å². The molecule has 2 heterocycles. The molecular weight excluding hydrogens is 438 g/mol. The Morgan fingerprint density at radius 1 is 1.12 bits per heavy atom. The molecule has 0 saturated heterocycles. The number of nitrogens with zero attached hydrogens (tertiary/aromatic N) is 4. The smallest absolute Gasteiger partial charge is 0.349 e. The summed E-state index contributed by atoms with van der Waals surface area (Å²) >= 11 is 0. The van der Waals surface area contributed by atoms with Crippen LogP contribution < -0.4 is 5.32 Å². The first-order chi connectivity index (χ1) is 15.8. The van der Waals surface area contributed by atoms with Gasteiger partial charge in [-0.3, -0.25) is 9.69 Å². The molecule has 4 rings (SSSR count). The number of aromatic nitrogens is 3. The third-order valence-corrected chi connectivity index (χ3v) is 5.87. The molecule has 1 aromatic heterocycles. The average Bonchev–Trinajstić information content (AvgIpc) is 3.26. The van der Waals surface area contributed by atoms with Gasteiger partial charge in [-0.15, -0.1) is 5.10 Å². The highest BCUT2D eigenvalue weighted by Crippen LogP contribution is 2.32. The van der Waals surface area contributed by atoms with Crippen LogP contribution in [0.2, 0.25) is 0 Å². The summed E-state index contributed by atoms with van der Waals surface area (Å²) < 4.78 is 55.1. The minimum absolute atomic E-state index is 0.0382. The normalized spacial score (nSPS) is 15.2. The van der Waals surface area contributed by atoms with Crippen molar-refractivity contribution in [2.45, 2.75) is 38.5 Å². The summed E-state index contributed by atoms with van der Waals surface area (Å²) in [7, 11) is 0. The Balaban J connectivity index is 1.51. The topological polar surface area (TPSA) is 63.1 Å². The molecule has 0 spiro atoms. The van der Waals surface area contributed by atoms with E-state index in [9.17, 15) is 22.4 Å². The highest BCUT2D eigenvalue weighted by Gasteiger charge is 2.42. The summed E-state index contributed by atoms with van der Waals surface area (Å²) in [4.78, 5) is 14.9. The molecule has 3 aromatic rings. The summed E-state index contributed by atoms with van der Waals surface area (Å²) in [6, 6.07) is 12.4. The monoisotopic (exact) mass is 461 g/mol. The molecular formula is C23H23F4N5O. The molecule has 0 aliphatic carbocycles. The van der Waals surface area contributed by atoms with E-state index in [0.717, 1.165) is 50.2 Å². The van der Waals surface area contributed by atoms with Crippen LogP contribution in [-0.4, -0.2) is 44.9 Å². The van der Waals surface area contributed by atoms with E-state index in [1.54, 1.807) is 0 Å². The highest BCUT2D eigenvalue weighted by molar-refractivity contribution is 5.93. The lowest BCUT2D eigenvalue weighted by molar-refractivity contribution is -0.143. The van der Waals surface area contributed by atoms with Crippen molar-refractivity contribution in [1.29, 1.82) is 0 Å². The lowest BCUT2D eigenvalue weighted by Crippen LogP contribution is -2.46. The van der Waals surface area contributed by atoms with Crippen LogP contribution in [0, 0.1) is 5.82 Å². The number of carbonyl (C=O) groups is 1. The van der Waals surface area contributed by atoms with Crippen LogP contribution in [0.15, 0.2) is 48.5 Å². The number of fused-ring (bicyclic) bond motifs is 1. The quantitative estimate of drug-likeness (QED) is 0.564. The maximum absolute atomic E-state index is 13.8. The maximum atomic E-state index is 13.8. The van der Waals surface area contributed by atoms with Gasteiger partial charge in [-0.25, -0.2) is 9.07 Å². The van der Waals surface area contributed by atoms with Gasteiger partial charge in [0.1, 0.15) is 5.82 Å². The second kappa shape index (κ2) is 9.30. The highest BCUT2D eigenvalue weighted by atomic mass is 19.4. The van der Waals surface area contributed by atoms with Gasteiger partial charge in [0.25, 0.3) is 5.91 Å². The zero-order chi connectivity index (χ0) is 23.6. The van der Waals surface area contributed by atoms with E-state index < -0.39 is 29.3 Å². The van der Waals surface area contributed by atoms with E-state index >= 15 is 0 Å². The van der Waals surface area contributed by atoms with Crippen LogP contribution in [0.3, 0.4) is 0 Å². The fraction of sp³-hybridized carbons (Fsp3) is 0.348. The van der Waals surface area contributed by atoms with Crippen LogP contribution in [-0.2, 0) is 19.1 Å². The summed E-state index contributed by atoms with van der Waals surface area (Å²) in [6.07, 6.45) is -3.28. The molecule has 1 unspecified atom stereocenters. The summed E-state index contributed by atoms with van der Waals surface area (Å²) in [5.74, 6) is -1.55. The molecule has 1 aliphatic rings. The number of carbonyl (C=O) groups excluding carboxylic acids is 1. The number of hydrogen-bond donors (Lipinski definition) is 1. The van der Waals surface area contributed by atoms with E-state index in [0.29, 0.717) is 4.68 Å². The van der Waals surface area contributed by atoms with E-state index in [-0.39, 0.29) is 18.3 Å². The zero-order valence-corrected chi connectivity index (χ0v) is 17.9. The second-order valence-corrected chi connectivity index (χ2v) is 7.93. The third-order valence-electron chi connectivity index (χ3n) is 5.87. The molecule has 6 nitrogen and oxygen atoms in total. The number of alkyl halides is 3. The van der Waals surface area contributed by atoms with Crippen LogP contribution >= 0.6 is 0 Å². The third kappa shape index (κ3) is 4.90. The number of nitrogens with one attached hydrogen (secondary N) is 1. The van der Waals surface area contributed by atoms with Crippen LogP contribution in [0.1, 0.15) is 40.7 Å². The van der Waals surface area contributed by atoms with E-state index in [1.807, 2.05) is 19.1 Å². The molecule has 1 N–H and O–H groups in total. The van der Waals surface area contributed by atoms with Gasteiger partial charge in [0.2, 0.25) is 0 Å². The Morgan fingerprint density at radius 3 is 2.48 bits per heavy atom. The largest absolute Gasteiger partial charge is 0.435 e. The van der Waals surface area contributed by atoms with Crippen molar-refractivity contribution in [1.82, 2.24) is 25.2 Å². The minimum atomic E-state index is -4.88. The predicted molar refractivity (Wildman–Crippen MR) is 113 cm³/mol. The molecule has 0 saturated carbocycles. The molecule has 0 fully saturated rings. The molecule has 0 radical (unpaired) electrons. The Bertz CT molecular complexity index is 1130. The van der Waals surface area contributed by atoms with Crippen molar-refractivity contribution in [3.63, 3.8) is 0 Å². The number of benzene rings is 2. The first-order valence-corrected chi connectivity index (χ1v) is 10.7. The lowest BCUT2D eigenvalue weighted by atomic mass is 9.98. The van der Waals surface area contributed by atoms with Gasteiger partial charge in [0.05, 0.1) is 5.69 Å². The number of halogens is 4. The van der Waals surface area contributed by atoms with Gasteiger partial charge >= 0.3 is 6.18 Å². The molecule has 1 atom stereocenters. The number of amides is 1. The molecule has 174 valence electrons. The van der Waals surface area contributed by atoms with Crippen molar-refractivity contribution in [3.05, 3.63) is 76.9 Å². The number of rotatable bonds is 6. The summed E-state index contributed by atoms with van der Waals surface area (Å²) in [6.45, 7) is 3.68. The maximum Gasteiger partial charge on any atom is 0.435 e. The molecule has 33 heavy (non-hydrogen) atoms. The minimum Gasteiger partial charge on any atom is -0.349 e. The van der Waals surface area contributed by atoms with Crippen LogP contribution in [0.25, 0.3) is 5.69 Å². The van der Waals surface area contributed by atoms with Crippen molar-refractivity contribution in [2.24, 2.45) is 0 Å². The van der Waals surface area contributed by atoms with E-state index in [4.69, 9.17) is 0 Å². The van der Waals surface area contributed by atoms with Crippen LogP contribution in [0.4, 0.5) is 17.6 Å². The van der Waals surface area contributed by atoms with Gasteiger partial charge in [0.15, 0.2) is 11.4 Å². The van der Waals surface area contributed by atoms with Crippen LogP contribution in [0.5, 0.6) is 0 Å². The van der Waals surface area contributed by atoms with E-state index in [1.165, 1.54) is 11.1 Å². The molecule has 10 heteroatoms. The van der Waals surface area contributed by atoms with Gasteiger partial charge in [0, 0.05) is 25.7 Å². The molecule has 0 bridgehead atoms. The van der Waals surface area contributed by atoms with Crippen molar-refractivity contribution < 1.29 is 22.4 Å². The van der Waals surface area contributed by atoms with Gasteiger partial charge in [-0.2, -0.15) is 13.2 Å². The second-order valence-electron chi connectivity index (χ2n) is 7.93. The summed E-state index contributed by atoms with van der Waals surface area (Å²) in [5, 5.41) is 9.62. The van der Waals surface area contributed by atoms with Crippen molar-refractivity contribution in [2.75, 3.05) is 13.1 Å². The fourth-order valence-electron chi connectivity index (χ4n) is 4.11. The van der Waals surface area contributed by atoms with Crippen molar-refractivity contribution >= 4 is 5.91 Å². The van der Waals surface area contributed by atoms with Gasteiger partial charge in [-0.05, 0) is 48.2 Å². The Morgan fingerprint density at radius 2 is 1.82 bits per heavy atom. The average molecular weight is 461 g/mol. The lowest BCUT2D eigenvalue weighted by Gasteiger charge is -2.35. The van der Waals surface area contributed by atoms with Gasteiger partial charge in [-0.1, -0.05) is 36.4 Å². The summed E-state index contributed by atoms with van der Waals surface area (Å²) in [5.41, 5.74) is 0.348. The van der Waals surface area contributed by atoms with E-state index in [2.05, 4.69) is 32.7 Å². The Kier molecular flexibility index (Phi) is 6.46. The molecule has 2 aromatic carbocycles. The molecule has 1 aliphatic heterocycles. The predicted octanol–water partition coefficient (Wildman–Crippen LogP) is 3.99. The Hall–Kier alpha value is -3.27. The first kappa shape index (κ1) is 22.9. The van der Waals surface area contributed by atoms with Gasteiger partial charge < -0.3 is 5.32 Å².